The number of nitriles is 1. The Morgan fingerprint density at radius 3 is 2.37 bits per heavy atom. The summed E-state index contributed by atoms with van der Waals surface area (Å²) in [6.07, 6.45) is 2.49. The van der Waals surface area contributed by atoms with Crippen LogP contribution in [0.15, 0.2) is 24.3 Å². The molecule has 0 aromatic heterocycles. The number of amides is 1. The number of benzene rings is 1. The van der Waals surface area contributed by atoms with Crippen LogP contribution in [0.2, 0.25) is 0 Å². The zero-order valence-electron chi connectivity index (χ0n) is 11.4. The zero-order chi connectivity index (χ0) is 13.9. The lowest BCUT2D eigenvalue weighted by Crippen LogP contribution is -2.29. The summed E-state index contributed by atoms with van der Waals surface area (Å²) >= 11 is 0. The van der Waals surface area contributed by atoms with Crippen molar-refractivity contribution in [3.05, 3.63) is 24.3 Å². The highest BCUT2D eigenvalue weighted by Crippen LogP contribution is 2.23. The van der Waals surface area contributed by atoms with Gasteiger partial charge in [0.25, 0.3) is 0 Å². The Labute approximate surface area is 114 Å². The van der Waals surface area contributed by atoms with Crippen molar-refractivity contribution in [3.8, 4) is 6.07 Å². The van der Waals surface area contributed by atoms with Crippen LogP contribution in [0, 0.1) is 16.7 Å². The van der Waals surface area contributed by atoms with Gasteiger partial charge in [-0.2, -0.15) is 5.26 Å². The van der Waals surface area contributed by atoms with Crippen LogP contribution in [-0.2, 0) is 4.79 Å². The molecule has 1 aromatic carbocycles. The molecule has 1 fully saturated rings. The molecule has 0 atom stereocenters. The van der Waals surface area contributed by atoms with Crippen molar-refractivity contribution in [2.45, 2.75) is 26.7 Å². The summed E-state index contributed by atoms with van der Waals surface area (Å²) in [6, 6.07) is 9.80. The Balaban J connectivity index is 2.03. The Hall–Kier alpha value is -2.02. The number of hydrogen-bond acceptors (Lipinski definition) is 3. The van der Waals surface area contributed by atoms with Crippen LogP contribution in [-0.4, -0.2) is 19.0 Å². The number of nitrogens with one attached hydrogen (secondary N) is 1. The van der Waals surface area contributed by atoms with E-state index in [1.165, 1.54) is 18.5 Å². The molecule has 19 heavy (non-hydrogen) atoms. The van der Waals surface area contributed by atoms with Gasteiger partial charge in [-0.05, 0) is 51.0 Å². The lowest BCUT2D eigenvalue weighted by molar-refractivity contribution is -0.121. The van der Waals surface area contributed by atoms with Crippen LogP contribution >= 0.6 is 0 Å². The van der Waals surface area contributed by atoms with Crippen molar-refractivity contribution in [1.29, 1.82) is 5.26 Å². The molecule has 1 aliphatic heterocycles. The first-order chi connectivity index (χ1) is 9.03. The Morgan fingerprint density at radius 1 is 1.26 bits per heavy atom. The molecule has 0 aliphatic carbocycles. The van der Waals surface area contributed by atoms with Gasteiger partial charge in [0.2, 0.25) is 5.91 Å². The molecule has 1 heterocycles. The molecule has 100 valence electrons. The van der Waals surface area contributed by atoms with E-state index in [2.05, 4.69) is 10.2 Å². The third-order valence-electron chi connectivity index (χ3n) is 3.44. The quantitative estimate of drug-likeness (QED) is 0.905. The van der Waals surface area contributed by atoms with E-state index in [-0.39, 0.29) is 5.91 Å². The highest BCUT2D eigenvalue weighted by molar-refractivity contribution is 5.96. The molecule has 1 amide bonds. The van der Waals surface area contributed by atoms with Crippen LogP contribution in [0.4, 0.5) is 11.4 Å². The monoisotopic (exact) mass is 257 g/mol. The van der Waals surface area contributed by atoms with E-state index in [0.717, 1.165) is 18.8 Å². The van der Waals surface area contributed by atoms with E-state index in [9.17, 15) is 4.79 Å². The first-order valence-corrected chi connectivity index (χ1v) is 6.61. The Morgan fingerprint density at radius 2 is 1.84 bits per heavy atom. The molecule has 0 spiro atoms. The lowest BCUT2D eigenvalue weighted by atomic mass is 9.94. The second-order valence-electron chi connectivity index (χ2n) is 5.43. The largest absolute Gasteiger partial charge is 0.372 e. The molecule has 0 unspecified atom stereocenters. The third kappa shape index (κ3) is 3.05. The minimum Gasteiger partial charge on any atom is -0.372 e. The van der Waals surface area contributed by atoms with Gasteiger partial charge in [-0.3, -0.25) is 4.79 Å². The van der Waals surface area contributed by atoms with E-state index >= 15 is 0 Å². The minimum atomic E-state index is -1.01. The van der Waals surface area contributed by atoms with E-state index in [4.69, 9.17) is 5.26 Å². The van der Waals surface area contributed by atoms with Crippen molar-refractivity contribution in [3.63, 3.8) is 0 Å². The maximum absolute atomic E-state index is 11.9. The average Bonchev–Trinajstić information content (AvgIpc) is 2.93. The first-order valence-electron chi connectivity index (χ1n) is 6.61. The van der Waals surface area contributed by atoms with Crippen LogP contribution in [0.25, 0.3) is 0 Å². The Bertz CT molecular complexity index is 493. The normalized spacial score (nSPS) is 15.1. The van der Waals surface area contributed by atoms with Crippen molar-refractivity contribution in [2.75, 3.05) is 23.3 Å². The fourth-order valence-electron chi connectivity index (χ4n) is 2.07. The topological polar surface area (TPSA) is 56.1 Å². The summed E-state index contributed by atoms with van der Waals surface area (Å²) in [5.41, 5.74) is 0.916. The van der Waals surface area contributed by atoms with Gasteiger partial charge in [-0.15, -0.1) is 0 Å². The summed E-state index contributed by atoms with van der Waals surface area (Å²) in [7, 11) is 0. The van der Waals surface area contributed by atoms with Crippen LogP contribution < -0.4 is 10.2 Å². The summed E-state index contributed by atoms with van der Waals surface area (Å²) in [4.78, 5) is 14.2. The second kappa shape index (κ2) is 5.31. The third-order valence-corrected chi connectivity index (χ3v) is 3.44. The van der Waals surface area contributed by atoms with Gasteiger partial charge in [0.15, 0.2) is 0 Å². The molecular formula is C15H19N3O. The summed E-state index contributed by atoms with van der Waals surface area (Å²) in [5.74, 6) is -0.274. The van der Waals surface area contributed by atoms with Crippen LogP contribution in [0.5, 0.6) is 0 Å². The molecule has 2 rings (SSSR count). The molecule has 1 aliphatic rings. The molecule has 4 heteroatoms. The number of rotatable bonds is 3. The van der Waals surface area contributed by atoms with Crippen molar-refractivity contribution in [2.24, 2.45) is 5.41 Å². The fourth-order valence-corrected chi connectivity index (χ4v) is 2.07. The van der Waals surface area contributed by atoms with Crippen LogP contribution in [0.1, 0.15) is 26.7 Å². The maximum atomic E-state index is 11.9. The predicted molar refractivity (Wildman–Crippen MR) is 75.9 cm³/mol. The molecular weight excluding hydrogens is 238 g/mol. The predicted octanol–water partition coefficient (Wildman–Crippen LogP) is 2.78. The Kier molecular flexibility index (Phi) is 3.75. The van der Waals surface area contributed by atoms with E-state index in [1.807, 2.05) is 30.3 Å². The standard InChI is InChI=1S/C15H19N3O/c1-15(2,11-16)14(19)17-12-5-7-13(8-6-12)18-9-3-4-10-18/h5-8H,3-4,9-10H2,1-2H3,(H,17,19). The second-order valence-corrected chi connectivity index (χ2v) is 5.43. The SMILES string of the molecule is CC(C)(C#N)C(=O)Nc1ccc(N2CCCC2)cc1. The van der Waals surface area contributed by atoms with Gasteiger partial charge in [0, 0.05) is 24.5 Å². The van der Waals surface area contributed by atoms with Gasteiger partial charge in [0.1, 0.15) is 5.41 Å². The van der Waals surface area contributed by atoms with Crippen molar-refractivity contribution < 1.29 is 4.79 Å². The number of carbonyl (C=O) groups excluding carboxylic acids is 1. The average molecular weight is 257 g/mol. The first kappa shape index (κ1) is 13.4. The molecule has 4 nitrogen and oxygen atoms in total. The van der Waals surface area contributed by atoms with Crippen molar-refractivity contribution >= 4 is 17.3 Å². The molecule has 0 radical (unpaired) electrons. The van der Waals surface area contributed by atoms with Crippen LogP contribution in [0.3, 0.4) is 0 Å². The van der Waals surface area contributed by atoms with E-state index in [0.29, 0.717) is 0 Å². The molecule has 1 N–H and O–H groups in total. The summed E-state index contributed by atoms with van der Waals surface area (Å²) in [5, 5.41) is 11.7. The highest BCUT2D eigenvalue weighted by atomic mass is 16.2. The number of nitrogens with zero attached hydrogens (tertiary/aromatic N) is 2. The van der Waals surface area contributed by atoms with Gasteiger partial charge in [-0.25, -0.2) is 0 Å². The van der Waals surface area contributed by atoms with Gasteiger partial charge in [-0.1, -0.05) is 0 Å². The highest BCUT2D eigenvalue weighted by Gasteiger charge is 2.27. The number of carbonyl (C=O) groups is 1. The fraction of sp³-hybridized carbons (Fsp3) is 0.467. The molecule has 0 bridgehead atoms. The van der Waals surface area contributed by atoms with Gasteiger partial charge >= 0.3 is 0 Å². The zero-order valence-corrected chi connectivity index (χ0v) is 11.4. The molecule has 1 saturated heterocycles. The van der Waals surface area contributed by atoms with E-state index < -0.39 is 5.41 Å². The smallest absolute Gasteiger partial charge is 0.244 e. The maximum Gasteiger partial charge on any atom is 0.244 e. The summed E-state index contributed by atoms with van der Waals surface area (Å²) in [6.45, 7) is 5.43. The molecule has 1 aromatic rings. The molecule has 0 saturated carbocycles. The lowest BCUT2D eigenvalue weighted by Gasteiger charge is -2.19. The van der Waals surface area contributed by atoms with Crippen molar-refractivity contribution in [1.82, 2.24) is 0 Å². The van der Waals surface area contributed by atoms with Gasteiger partial charge in [0.05, 0.1) is 6.07 Å². The number of anilines is 2. The number of hydrogen-bond donors (Lipinski definition) is 1. The minimum absolute atomic E-state index is 0.274. The van der Waals surface area contributed by atoms with E-state index in [1.54, 1.807) is 13.8 Å². The summed E-state index contributed by atoms with van der Waals surface area (Å²) < 4.78 is 0. The van der Waals surface area contributed by atoms with Gasteiger partial charge < -0.3 is 10.2 Å².